The molecular weight excluding hydrogens is 438 g/mol. The first-order valence-corrected chi connectivity index (χ1v) is 11.6. The number of pyridine rings is 1. The van der Waals surface area contributed by atoms with Crippen LogP contribution in [0.2, 0.25) is 0 Å². The van der Waals surface area contributed by atoms with Crippen molar-refractivity contribution < 1.29 is 19.1 Å². The van der Waals surface area contributed by atoms with Crippen LogP contribution in [0, 0.1) is 0 Å². The minimum absolute atomic E-state index is 0.133. The summed E-state index contributed by atoms with van der Waals surface area (Å²) in [5.41, 5.74) is 2.27. The Morgan fingerprint density at radius 1 is 1.12 bits per heavy atom. The van der Waals surface area contributed by atoms with Gasteiger partial charge in [0.15, 0.2) is 11.5 Å². The molecule has 0 spiro atoms. The largest absolute Gasteiger partial charge is 0.486 e. The average molecular weight is 462 g/mol. The monoisotopic (exact) mass is 461 g/mol. The SMILES string of the molecule is C[C@@H](NC(=O)CCN1C(=O)c2cccnc2Sc2ccccc21)c1ccc2c(c1)OCCO2. The highest BCUT2D eigenvalue weighted by Gasteiger charge is 2.28. The Balaban J connectivity index is 1.29. The number of amides is 2. The normalized spacial score (nSPS) is 15.2. The third-order valence-electron chi connectivity index (χ3n) is 5.62. The number of carbonyl (C=O) groups excluding carboxylic acids is 2. The molecule has 2 aliphatic rings. The Hall–Kier alpha value is -3.52. The fourth-order valence-corrected chi connectivity index (χ4v) is 4.94. The van der Waals surface area contributed by atoms with Crippen molar-refractivity contribution in [1.29, 1.82) is 0 Å². The Labute approximate surface area is 196 Å². The van der Waals surface area contributed by atoms with E-state index < -0.39 is 0 Å². The first-order valence-electron chi connectivity index (χ1n) is 10.8. The average Bonchev–Trinajstić information content (AvgIpc) is 2.96. The molecule has 1 aromatic heterocycles. The lowest BCUT2D eigenvalue weighted by Crippen LogP contribution is -2.36. The molecule has 3 aromatic rings. The van der Waals surface area contributed by atoms with Crippen molar-refractivity contribution >= 4 is 29.3 Å². The van der Waals surface area contributed by atoms with Crippen LogP contribution >= 0.6 is 11.8 Å². The molecule has 0 saturated carbocycles. The summed E-state index contributed by atoms with van der Waals surface area (Å²) in [5, 5.41) is 3.70. The lowest BCUT2D eigenvalue weighted by molar-refractivity contribution is -0.121. The predicted octanol–water partition coefficient (Wildman–Crippen LogP) is 4.23. The van der Waals surface area contributed by atoms with Gasteiger partial charge in [0, 0.05) is 24.1 Å². The second-order valence-corrected chi connectivity index (χ2v) is 8.86. The third kappa shape index (κ3) is 4.39. The number of para-hydroxylation sites is 1. The van der Waals surface area contributed by atoms with Gasteiger partial charge in [-0.1, -0.05) is 30.0 Å². The molecule has 2 aliphatic heterocycles. The molecule has 3 heterocycles. The summed E-state index contributed by atoms with van der Waals surface area (Å²) < 4.78 is 11.2. The van der Waals surface area contributed by atoms with Gasteiger partial charge in [-0.2, -0.15) is 0 Å². The van der Waals surface area contributed by atoms with Crippen LogP contribution in [0.1, 0.15) is 35.3 Å². The van der Waals surface area contributed by atoms with E-state index in [2.05, 4.69) is 10.3 Å². The second-order valence-electron chi connectivity index (χ2n) is 7.82. The number of ether oxygens (including phenoxy) is 2. The van der Waals surface area contributed by atoms with Crippen LogP contribution in [-0.4, -0.2) is 36.6 Å². The van der Waals surface area contributed by atoms with Gasteiger partial charge in [0.1, 0.15) is 18.2 Å². The van der Waals surface area contributed by atoms with Crippen molar-refractivity contribution in [3.8, 4) is 11.5 Å². The number of hydrogen-bond acceptors (Lipinski definition) is 6. The van der Waals surface area contributed by atoms with Crippen molar-refractivity contribution in [1.82, 2.24) is 10.3 Å². The van der Waals surface area contributed by atoms with Crippen molar-refractivity contribution in [2.45, 2.75) is 29.3 Å². The molecule has 8 heteroatoms. The maximum atomic E-state index is 13.3. The zero-order chi connectivity index (χ0) is 22.8. The minimum Gasteiger partial charge on any atom is -0.486 e. The standard InChI is InChI=1S/C25H23N3O4S/c1-16(17-8-9-20-21(15-17)32-14-13-31-20)27-23(29)10-12-28-19-6-2-3-7-22(19)33-24-18(25(28)30)5-4-11-26-24/h2-9,11,15-16H,10,12-14H2,1H3,(H,27,29)/t16-/m1/s1. The second kappa shape index (κ2) is 9.15. The number of hydrogen-bond donors (Lipinski definition) is 1. The Kier molecular flexibility index (Phi) is 5.92. The van der Waals surface area contributed by atoms with Gasteiger partial charge in [0.25, 0.3) is 5.91 Å². The number of carbonyl (C=O) groups is 2. The maximum absolute atomic E-state index is 13.3. The van der Waals surface area contributed by atoms with E-state index in [9.17, 15) is 9.59 Å². The molecule has 1 N–H and O–H groups in total. The van der Waals surface area contributed by atoms with Crippen molar-refractivity contribution in [2.75, 3.05) is 24.7 Å². The van der Waals surface area contributed by atoms with E-state index in [1.165, 1.54) is 11.8 Å². The predicted molar refractivity (Wildman–Crippen MR) is 125 cm³/mol. The number of nitrogens with one attached hydrogen (secondary N) is 1. The van der Waals surface area contributed by atoms with Crippen molar-refractivity contribution in [3.05, 3.63) is 71.9 Å². The van der Waals surface area contributed by atoms with E-state index >= 15 is 0 Å². The minimum atomic E-state index is -0.207. The highest BCUT2D eigenvalue weighted by molar-refractivity contribution is 7.99. The summed E-state index contributed by atoms with van der Waals surface area (Å²) in [7, 11) is 0. The smallest absolute Gasteiger partial charge is 0.261 e. The first kappa shape index (κ1) is 21.3. The summed E-state index contributed by atoms with van der Waals surface area (Å²) in [5.74, 6) is 1.13. The van der Waals surface area contributed by atoms with E-state index in [-0.39, 0.29) is 30.8 Å². The molecule has 168 valence electrons. The summed E-state index contributed by atoms with van der Waals surface area (Å²) in [6.45, 7) is 3.24. The molecule has 7 nitrogen and oxygen atoms in total. The van der Waals surface area contributed by atoms with Crippen LogP contribution < -0.4 is 19.7 Å². The van der Waals surface area contributed by atoms with Gasteiger partial charge in [0.05, 0.1) is 17.3 Å². The molecule has 0 bridgehead atoms. The Morgan fingerprint density at radius 3 is 2.82 bits per heavy atom. The van der Waals surface area contributed by atoms with Crippen LogP contribution in [0.25, 0.3) is 0 Å². The molecule has 2 amide bonds. The van der Waals surface area contributed by atoms with E-state index in [1.807, 2.05) is 49.4 Å². The van der Waals surface area contributed by atoms with Crippen molar-refractivity contribution in [2.24, 2.45) is 0 Å². The lowest BCUT2D eigenvalue weighted by atomic mass is 10.1. The third-order valence-corrected chi connectivity index (χ3v) is 6.70. The van der Waals surface area contributed by atoms with Gasteiger partial charge in [-0.25, -0.2) is 4.98 Å². The fourth-order valence-electron chi connectivity index (χ4n) is 3.92. The highest BCUT2D eigenvalue weighted by atomic mass is 32.2. The summed E-state index contributed by atoms with van der Waals surface area (Å²) in [6, 6.07) is 16.7. The van der Waals surface area contributed by atoms with E-state index in [1.54, 1.807) is 23.2 Å². The quantitative estimate of drug-likeness (QED) is 0.613. The van der Waals surface area contributed by atoms with Gasteiger partial charge in [-0.15, -0.1) is 0 Å². The Morgan fingerprint density at radius 2 is 1.94 bits per heavy atom. The van der Waals surface area contributed by atoms with Crippen LogP contribution in [0.15, 0.2) is 70.7 Å². The topological polar surface area (TPSA) is 80.8 Å². The molecule has 0 radical (unpaired) electrons. The van der Waals surface area contributed by atoms with Gasteiger partial charge >= 0.3 is 0 Å². The van der Waals surface area contributed by atoms with Crippen LogP contribution in [0.4, 0.5) is 5.69 Å². The van der Waals surface area contributed by atoms with E-state index in [0.29, 0.717) is 29.6 Å². The molecule has 2 aromatic carbocycles. The zero-order valence-electron chi connectivity index (χ0n) is 18.1. The molecule has 1 atom stereocenters. The van der Waals surface area contributed by atoms with Crippen molar-refractivity contribution in [3.63, 3.8) is 0 Å². The molecular formula is C25H23N3O4S. The van der Waals surface area contributed by atoms with Crippen LogP contribution in [0.3, 0.4) is 0 Å². The number of nitrogens with zero attached hydrogens (tertiary/aromatic N) is 2. The van der Waals surface area contributed by atoms with Crippen LogP contribution in [-0.2, 0) is 4.79 Å². The number of fused-ring (bicyclic) bond motifs is 3. The summed E-state index contributed by atoms with van der Waals surface area (Å²) >= 11 is 1.47. The molecule has 33 heavy (non-hydrogen) atoms. The van der Waals surface area contributed by atoms with Gasteiger partial charge in [0.2, 0.25) is 5.91 Å². The lowest BCUT2D eigenvalue weighted by Gasteiger charge is -2.23. The molecule has 0 unspecified atom stereocenters. The van der Waals surface area contributed by atoms with Gasteiger partial charge < -0.3 is 19.7 Å². The molecule has 0 aliphatic carbocycles. The first-order chi connectivity index (χ1) is 16.1. The number of aromatic nitrogens is 1. The highest BCUT2D eigenvalue weighted by Crippen LogP contribution is 2.40. The fraction of sp³-hybridized carbons (Fsp3) is 0.240. The summed E-state index contributed by atoms with van der Waals surface area (Å²) in [6.07, 6.45) is 1.86. The number of anilines is 1. The summed E-state index contributed by atoms with van der Waals surface area (Å²) in [4.78, 5) is 33.1. The van der Waals surface area contributed by atoms with E-state index in [0.717, 1.165) is 21.9 Å². The van der Waals surface area contributed by atoms with Gasteiger partial charge in [-0.3, -0.25) is 9.59 Å². The molecule has 5 rings (SSSR count). The maximum Gasteiger partial charge on any atom is 0.261 e. The zero-order valence-corrected chi connectivity index (χ0v) is 18.9. The van der Waals surface area contributed by atoms with Gasteiger partial charge in [-0.05, 0) is 48.9 Å². The number of benzene rings is 2. The van der Waals surface area contributed by atoms with E-state index in [4.69, 9.17) is 9.47 Å². The molecule has 0 fully saturated rings. The van der Waals surface area contributed by atoms with Crippen LogP contribution in [0.5, 0.6) is 11.5 Å². The molecule has 0 saturated heterocycles. The number of rotatable bonds is 5. The Bertz CT molecular complexity index is 1220.